The Hall–Kier alpha value is -1.79. The van der Waals surface area contributed by atoms with Gasteiger partial charge in [-0.05, 0) is 13.8 Å². The summed E-state index contributed by atoms with van der Waals surface area (Å²) in [6, 6.07) is 0.380. The Kier molecular flexibility index (Phi) is 3.59. The Morgan fingerprint density at radius 1 is 1.41 bits per heavy atom. The van der Waals surface area contributed by atoms with Crippen LogP contribution in [0.1, 0.15) is 20.3 Å². The van der Waals surface area contributed by atoms with Gasteiger partial charge in [-0.3, -0.25) is 4.79 Å². The van der Waals surface area contributed by atoms with Crippen LogP contribution in [0.4, 0.5) is 19.0 Å². The van der Waals surface area contributed by atoms with E-state index in [-0.39, 0.29) is 6.42 Å². The van der Waals surface area contributed by atoms with Crippen LogP contribution >= 0.6 is 0 Å². The fraction of sp³-hybridized carbons (Fsp3) is 0.400. The third-order valence-corrected chi connectivity index (χ3v) is 1.96. The second-order valence-electron chi connectivity index (χ2n) is 4.24. The Labute approximate surface area is 96.0 Å². The van der Waals surface area contributed by atoms with Crippen molar-refractivity contribution < 1.29 is 18.0 Å². The molecule has 0 bridgehead atoms. The monoisotopic (exact) mass is 247 g/mol. The van der Waals surface area contributed by atoms with Crippen molar-refractivity contribution >= 4 is 11.7 Å². The first-order chi connectivity index (χ1) is 7.71. The molecule has 94 valence electrons. The summed E-state index contributed by atoms with van der Waals surface area (Å²) < 4.78 is 38.7. The predicted molar refractivity (Wildman–Crippen MR) is 55.6 cm³/mol. The lowest BCUT2D eigenvalue weighted by atomic mass is 10.0. The van der Waals surface area contributed by atoms with Gasteiger partial charge in [0.05, 0.1) is 0 Å². The van der Waals surface area contributed by atoms with E-state index in [0.29, 0.717) is 6.07 Å². The fourth-order valence-corrected chi connectivity index (χ4v) is 1.33. The smallest absolute Gasteiger partial charge is 0.251 e. The maximum atomic E-state index is 13.3. The predicted octanol–water partition coefficient (Wildman–Crippen LogP) is 1.56. The summed E-state index contributed by atoms with van der Waals surface area (Å²) in [5.74, 6) is -4.90. The largest absolute Gasteiger partial charge is 0.370 e. The van der Waals surface area contributed by atoms with Gasteiger partial charge in [0, 0.05) is 18.0 Å². The van der Waals surface area contributed by atoms with Gasteiger partial charge in [0.25, 0.3) is 5.95 Å². The van der Waals surface area contributed by atoms with E-state index in [1.165, 1.54) is 0 Å². The van der Waals surface area contributed by atoms with E-state index in [9.17, 15) is 18.0 Å². The quantitative estimate of drug-likeness (QED) is 0.793. The Balaban J connectivity index is 2.95. The minimum absolute atomic E-state index is 0.104. The number of primary amides is 1. The number of rotatable bonds is 4. The van der Waals surface area contributed by atoms with Gasteiger partial charge in [0.1, 0.15) is 0 Å². The summed E-state index contributed by atoms with van der Waals surface area (Å²) in [6.07, 6.45) is -0.104. The number of hydrogen-bond donors (Lipinski definition) is 2. The molecule has 3 N–H and O–H groups in total. The molecule has 17 heavy (non-hydrogen) atoms. The molecule has 4 nitrogen and oxygen atoms in total. The summed E-state index contributed by atoms with van der Waals surface area (Å²) in [7, 11) is 0. The summed E-state index contributed by atoms with van der Waals surface area (Å²) in [4.78, 5) is 13.8. The zero-order valence-corrected chi connectivity index (χ0v) is 9.35. The minimum atomic E-state index is -1.41. The zero-order chi connectivity index (χ0) is 13.2. The molecular weight excluding hydrogens is 235 g/mol. The maximum absolute atomic E-state index is 13.3. The second-order valence-corrected chi connectivity index (χ2v) is 4.24. The van der Waals surface area contributed by atoms with E-state index in [1.807, 2.05) is 0 Å². The molecule has 0 aliphatic carbocycles. The van der Waals surface area contributed by atoms with Crippen molar-refractivity contribution in [2.45, 2.75) is 25.8 Å². The van der Waals surface area contributed by atoms with Crippen LogP contribution in [0.25, 0.3) is 0 Å². The van der Waals surface area contributed by atoms with Crippen molar-refractivity contribution in [1.29, 1.82) is 0 Å². The highest BCUT2D eigenvalue weighted by Crippen LogP contribution is 2.20. The van der Waals surface area contributed by atoms with Gasteiger partial charge in [-0.15, -0.1) is 0 Å². The summed E-state index contributed by atoms with van der Waals surface area (Å²) in [5, 5.41) is 2.49. The minimum Gasteiger partial charge on any atom is -0.370 e. The first-order valence-electron chi connectivity index (χ1n) is 4.79. The number of halogens is 3. The Bertz CT molecular complexity index is 449. The lowest BCUT2D eigenvalue weighted by molar-refractivity contribution is -0.118. The number of carbonyl (C=O) groups excluding carboxylic acids is 1. The molecule has 0 aromatic carbocycles. The van der Waals surface area contributed by atoms with Crippen molar-refractivity contribution in [3.05, 3.63) is 23.6 Å². The molecule has 0 fully saturated rings. The molecular formula is C10H12F3N3O. The number of hydrogen-bond acceptors (Lipinski definition) is 3. The van der Waals surface area contributed by atoms with Crippen LogP contribution in [0.3, 0.4) is 0 Å². The van der Waals surface area contributed by atoms with Crippen LogP contribution < -0.4 is 11.1 Å². The SMILES string of the molecule is CC(C)(CC(N)=O)Nc1nc(F)c(F)cc1F. The van der Waals surface area contributed by atoms with Crippen LogP contribution in [0.15, 0.2) is 6.07 Å². The van der Waals surface area contributed by atoms with Gasteiger partial charge in [0.2, 0.25) is 5.91 Å². The average molecular weight is 247 g/mol. The number of anilines is 1. The van der Waals surface area contributed by atoms with E-state index < -0.39 is 34.8 Å². The molecule has 0 saturated carbocycles. The van der Waals surface area contributed by atoms with Crippen molar-refractivity contribution in [2.24, 2.45) is 5.73 Å². The normalized spacial score (nSPS) is 11.4. The standard InChI is InChI=1S/C10H12F3N3O/c1-10(2,4-7(14)17)16-9-6(12)3-5(11)8(13)15-9/h3H,4H2,1-2H3,(H2,14,17)(H,15,16). The van der Waals surface area contributed by atoms with Crippen LogP contribution in [0.2, 0.25) is 0 Å². The third kappa shape index (κ3) is 3.61. The zero-order valence-electron chi connectivity index (χ0n) is 9.35. The highest BCUT2D eigenvalue weighted by atomic mass is 19.2. The first kappa shape index (κ1) is 13.3. The molecule has 0 saturated heterocycles. The van der Waals surface area contributed by atoms with Crippen LogP contribution in [-0.2, 0) is 4.79 Å². The molecule has 1 rings (SSSR count). The van der Waals surface area contributed by atoms with Crippen LogP contribution in [0, 0.1) is 17.6 Å². The molecule has 1 amide bonds. The first-order valence-corrected chi connectivity index (χ1v) is 4.79. The molecule has 1 aromatic heterocycles. The Morgan fingerprint density at radius 2 is 2.00 bits per heavy atom. The summed E-state index contributed by atoms with van der Waals surface area (Å²) in [5.41, 5.74) is 4.08. The molecule has 7 heteroatoms. The van der Waals surface area contributed by atoms with Gasteiger partial charge < -0.3 is 11.1 Å². The molecule has 0 radical (unpaired) electrons. The van der Waals surface area contributed by atoms with Gasteiger partial charge in [0.15, 0.2) is 17.5 Å². The molecule has 0 spiro atoms. The number of nitrogens with zero attached hydrogens (tertiary/aromatic N) is 1. The van der Waals surface area contributed by atoms with Crippen molar-refractivity contribution in [2.75, 3.05) is 5.32 Å². The number of aromatic nitrogens is 1. The molecule has 0 aliphatic heterocycles. The average Bonchev–Trinajstić information content (AvgIpc) is 2.11. The number of nitrogens with two attached hydrogens (primary N) is 1. The van der Waals surface area contributed by atoms with Gasteiger partial charge in [-0.25, -0.2) is 8.78 Å². The van der Waals surface area contributed by atoms with Gasteiger partial charge >= 0.3 is 0 Å². The Morgan fingerprint density at radius 3 is 2.53 bits per heavy atom. The molecule has 0 atom stereocenters. The van der Waals surface area contributed by atoms with Gasteiger partial charge in [-0.2, -0.15) is 9.37 Å². The lowest BCUT2D eigenvalue weighted by Crippen LogP contribution is -2.36. The number of carbonyl (C=O) groups is 1. The third-order valence-electron chi connectivity index (χ3n) is 1.96. The maximum Gasteiger partial charge on any atom is 0.251 e. The fourth-order valence-electron chi connectivity index (χ4n) is 1.33. The molecule has 1 aromatic rings. The van der Waals surface area contributed by atoms with Crippen LogP contribution in [0.5, 0.6) is 0 Å². The van der Waals surface area contributed by atoms with Gasteiger partial charge in [-0.1, -0.05) is 0 Å². The lowest BCUT2D eigenvalue weighted by Gasteiger charge is -2.25. The summed E-state index contributed by atoms with van der Waals surface area (Å²) in [6.45, 7) is 3.11. The molecule has 0 unspecified atom stereocenters. The summed E-state index contributed by atoms with van der Waals surface area (Å²) >= 11 is 0. The van der Waals surface area contributed by atoms with Crippen LogP contribution in [-0.4, -0.2) is 16.4 Å². The van der Waals surface area contributed by atoms with Crippen molar-refractivity contribution in [3.8, 4) is 0 Å². The highest BCUT2D eigenvalue weighted by Gasteiger charge is 2.23. The van der Waals surface area contributed by atoms with Crippen molar-refractivity contribution in [1.82, 2.24) is 4.98 Å². The number of nitrogens with one attached hydrogen (secondary N) is 1. The van der Waals surface area contributed by atoms with E-state index >= 15 is 0 Å². The van der Waals surface area contributed by atoms with E-state index in [4.69, 9.17) is 5.73 Å². The van der Waals surface area contributed by atoms with E-state index in [0.717, 1.165) is 0 Å². The molecule has 0 aliphatic rings. The van der Waals surface area contributed by atoms with E-state index in [1.54, 1.807) is 13.8 Å². The molecule has 1 heterocycles. The van der Waals surface area contributed by atoms with E-state index in [2.05, 4.69) is 10.3 Å². The number of amides is 1. The second kappa shape index (κ2) is 4.60. The number of pyridine rings is 1. The topological polar surface area (TPSA) is 68.0 Å². The highest BCUT2D eigenvalue weighted by molar-refractivity contribution is 5.75. The van der Waals surface area contributed by atoms with Crippen molar-refractivity contribution in [3.63, 3.8) is 0 Å².